The lowest BCUT2D eigenvalue weighted by Gasteiger charge is -2.29. The van der Waals surface area contributed by atoms with Crippen LogP contribution in [0.15, 0.2) is 48.5 Å². The first-order valence-corrected chi connectivity index (χ1v) is 20.9. The zero-order valence-electron chi connectivity index (χ0n) is 36.6. The number of rotatable bonds is 13. The van der Waals surface area contributed by atoms with Crippen LogP contribution in [0.2, 0.25) is 0 Å². The second-order valence-corrected chi connectivity index (χ2v) is 21.3. The number of hydrogen-bond donors (Lipinski definition) is 4. The molecule has 4 N–H and O–H groups in total. The molecule has 0 aliphatic rings. The van der Waals surface area contributed by atoms with Crippen LogP contribution in [0.1, 0.15) is 115 Å². The minimum Gasteiger partial charge on any atom is -0.444 e. The second kappa shape index (κ2) is 19.4. The van der Waals surface area contributed by atoms with Gasteiger partial charge in [0.05, 0.1) is 17.7 Å². The van der Waals surface area contributed by atoms with Gasteiger partial charge in [-0.1, -0.05) is 24.3 Å². The van der Waals surface area contributed by atoms with E-state index in [4.69, 9.17) is 23.5 Å². The Bertz CT molecular complexity index is 1580. The molecule has 1 unspecified atom stereocenters. The van der Waals surface area contributed by atoms with E-state index in [2.05, 4.69) is 21.3 Å². The Hall–Kier alpha value is -4.29. The SMILES string of the molecule is CC(C)(C)OC(=O)NC[C@H](Cc1ccc(P(=O)(OC(C)(C)C)c2ccc(C[C@H](CNC(=O)OC(C)(C)C)NC(=O)OC(C)(C)C)cc2)cc1)NC(=O)OC(C)(C)C. The van der Waals surface area contributed by atoms with Crippen LogP contribution in [0.25, 0.3) is 0 Å². The summed E-state index contributed by atoms with van der Waals surface area (Å²) >= 11 is 0. The summed E-state index contributed by atoms with van der Waals surface area (Å²) in [6.07, 6.45) is -1.87. The standard InChI is InChI=1S/C42H67N4O10P/c1-38(2,3)52-34(47)43-26-30(45-36(49)54-40(7,8)9)24-28-16-20-32(21-17-28)57(51,56-42(13,14)15)33-22-18-29(19-23-33)25-31(46-37(50)55-41(10,11)12)27-44-35(48)53-39(4,5)6/h16-23,30-31H,24-27H2,1-15H3,(H,43,47)(H,44,48)(H,45,49)(H,46,50)/t30-,31+,57?. The summed E-state index contributed by atoms with van der Waals surface area (Å²) in [5.74, 6) is 0. The van der Waals surface area contributed by atoms with Gasteiger partial charge < -0.3 is 44.7 Å². The summed E-state index contributed by atoms with van der Waals surface area (Å²) in [6, 6.07) is 13.1. The summed E-state index contributed by atoms with van der Waals surface area (Å²) in [5, 5.41) is 12.0. The topological polar surface area (TPSA) is 180 Å². The maximum absolute atomic E-state index is 14.9. The van der Waals surface area contributed by atoms with E-state index in [1.54, 1.807) is 107 Å². The normalized spacial score (nSPS) is 14.6. The fraction of sp³-hybridized carbons (Fsp3) is 0.619. The van der Waals surface area contributed by atoms with E-state index in [1.807, 2.05) is 45.0 Å². The molecule has 2 aromatic carbocycles. The van der Waals surface area contributed by atoms with Crippen LogP contribution in [0.3, 0.4) is 0 Å². The van der Waals surface area contributed by atoms with Gasteiger partial charge in [0.15, 0.2) is 0 Å². The van der Waals surface area contributed by atoms with E-state index in [0.717, 1.165) is 11.1 Å². The molecule has 320 valence electrons. The molecule has 0 saturated heterocycles. The first kappa shape index (κ1) is 48.9. The number of amides is 4. The number of carbonyl (C=O) groups excluding carboxylic acids is 4. The molecule has 2 rings (SSSR count). The van der Waals surface area contributed by atoms with Crippen molar-refractivity contribution >= 4 is 42.4 Å². The maximum atomic E-state index is 14.9. The number of alkyl carbamates (subject to hydrolysis) is 4. The summed E-state index contributed by atoms with van der Waals surface area (Å²) < 4.78 is 42.9. The quantitative estimate of drug-likeness (QED) is 0.116. The van der Waals surface area contributed by atoms with E-state index in [-0.39, 0.29) is 13.1 Å². The van der Waals surface area contributed by atoms with Gasteiger partial charge in [-0.25, -0.2) is 19.2 Å². The smallest absolute Gasteiger partial charge is 0.407 e. The molecule has 3 atom stereocenters. The third kappa shape index (κ3) is 20.1. The van der Waals surface area contributed by atoms with Crippen molar-refractivity contribution in [1.82, 2.24) is 21.3 Å². The number of nitrogens with one attached hydrogen (secondary N) is 4. The first-order chi connectivity index (χ1) is 25.8. The summed E-state index contributed by atoms with van der Waals surface area (Å²) in [4.78, 5) is 50.3. The third-order valence-electron chi connectivity index (χ3n) is 7.14. The van der Waals surface area contributed by atoms with E-state index in [9.17, 15) is 23.7 Å². The molecule has 0 saturated carbocycles. The molecule has 0 fully saturated rings. The van der Waals surface area contributed by atoms with E-state index >= 15 is 0 Å². The van der Waals surface area contributed by atoms with Gasteiger partial charge in [-0.3, -0.25) is 4.57 Å². The molecule has 14 nitrogen and oxygen atoms in total. The van der Waals surface area contributed by atoms with Crippen molar-refractivity contribution in [3.8, 4) is 0 Å². The second-order valence-electron chi connectivity index (χ2n) is 18.9. The monoisotopic (exact) mass is 818 g/mol. The van der Waals surface area contributed by atoms with Crippen molar-refractivity contribution in [3.63, 3.8) is 0 Å². The number of hydrogen-bond acceptors (Lipinski definition) is 10. The average molecular weight is 819 g/mol. The summed E-state index contributed by atoms with van der Waals surface area (Å²) in [5.41, 5.74) is -2.02. The molecular weight excluding hydrogens is 751 g/mol. The van der Waals surface area contributed by atoms with Gasteiger partial charge >= 0.3 is 24.4 Å². The van der Waals surface area contributed by atoms with E-state index in [0.29, 0.717) is 23.5 Å². The van der Waals surface area contributed by atoms with Gasteiger partial charge in [0.1, 0.15) is 22.4 Å². The zero-order valence-corrected chi connectivity index (χ0v) is 37.5. The van der Waals surface area contributed by atoms with Gasteiger partial charge in [-0.2, -0.15) is 0 Å². The van der Waals surface area contributed by atoms with E-state index in [1.165, 1.54) is 0 Å². The zero-order chi connectivity index (χ0) is 43.6. The predicted octanol–water partition coefficient (Wildman–Crippen LogP) is 7.65. The highest BCUT2D eigenvalue weighted by Gasteiger charge is 2.34. The molecular formula is C42H67N4O10P. The number of benzene rings is 2. The molecule has 0 heterocycles. The Morgan fingerprint density at radius 2 is 0.754 bits per heavy atom. The van der Waals surface area contributed by atoms with Crippen LogP contribution in [-0.4, -0.2) is 77.6 Å². The lowest BCUT2D eigenvalue weighted by molar-refractivity contribution is 0.0463. The first-order valence-electron chi connectivity index (χ1n) is 19.2. The van der Waals surface area contributed by atoms with Crippen LogP contribution in [0.5, 0.6) is 0 Å². The van der Waals surface area contributed by atoms with Gasteiger partial charge in [0.25, 0.3) is 7.37 Å². The Morgan fingerprint density at radius 3 is 1.02 bits per heavy atom. The third-order valence-corrected chi connectivity index (χ3v) is 9.91. The Balaban J connectivity index is 2.37. The summed E-state index contributed by atoms with van der Waals surface area (Å²) in [6.45, 7) is 26.8. The van der Waals surface area contributed by atoms with Crippen molar-refractivity contribution in [2.24, 2.45) is 0 Å². The Kier molecular flexibility index (Phi) is 16.7. The molecule has 0 bridgehead atoms. The highest BCUT2D eigenvalue weighted by molar-refractivity contribution is 7.74. The molecule has 4 amide bonds. The molecule has 2 aromatic rings. The van der Waals surface area contributed by atoms with Crippen LogP contribution in [-0.2, 0) is 40.9 Å². The van der Waals surface area contributed by atoms with Crippen LogP contribution >= 0.6 is 7.37 Å². The van der Waals surface area contributed by atoms with Crippen LogP contribution in [0, 0.1) is 0 Å². The van der Waals surface area contributed by atoms with Gasteiger partial charge in [0.2, 0.25) is 0 Å². The van der Waals surface area contributed by atoms with Crippen molar-refractivity contribution in [3.05, 3.63) is 59.7 Å². The van der Waals surface area contributed by atoms with Crippen molar-refractivity contribution < 1.29 is 47.2 Å². The number of ether oxygens (including phenoxy) is 4. The fourth-order valence-corrected chi connectivity index (χ4v) is 7.57. The van der Waals surface area contributed by atoms with Gasteiger partial charge in [-0.15, -0.1) is 0 Å². The molecule has 0 aliphatic carbocycles. The molecule has 57 heavy (non-hydrogen) atoms. The van der Waals surface area contributed by atoms with Gasteiger partial charge in [-0.05, 0) is 152 Å². The minimum atomic E-state index is -3.66. The minimum absolute atomic E-state index is 0.0686. The Labute approximate surface area is 339 Å². The van der Waals surface area contributed by atoms with Crippen molar-refractivity contribution in [2.75, 3.05) is 13.1 Å². The van der Waals surface area contributed by atoms with Crippen molar-refractivity contribution in [2.45, 2.75) is 157 Å². The highest BCUT2D eigenvalue weighted by atomic mass is 31.2. The van der Waals surface area contributed by atoms with Crippen LogP contribution in [0.4, 0.5) is 19.2 Å². The highest BCUT2D eigenvalue weighted by Crippen LogP contribution is 2.48. The predicted molar refractivity (Wildman–Crippen MR) is 223 cm³/mol. The van der Waals surface area contributed by atoms with Crippen molar-refractivity contribution in [1.29, 1.82) is 0 Å². The average Bonchev–Trinajstić information content (AvgIpc) is 2.99. The number of carbonyl (C=O) groups is 4. The fourth-order valence-electron chi connectivity index (χ4n) is 5.20. The molecule has 0 aliphatic heterocycles. The van der Waals surface area contributed by atoms with E-state index < -0.39 is 71.8 Å². The van der Waals surface area contributed by atoms with Crippen LogP contribution < -0.4 is 31.9 Å². The maximum Gasteiger partial charge on any atom is 0.407 e. The molecule has 0 radical (unpaired) electrons. The largest absolute Gasteiger partial charge is 0.444 e. The lowest BCUT2D eigenvalue weighted by atomic mass is 10.1. The Morgan fingerprint density at radius 1 is 0.474 bits per heavy atom. The summed E-state index contributed by atoms with van der Waals surface area (Å²) in [7, 11) is -3.66. The molecule has 0 spiro atoms. The van der Waals surface area contributed by atoms with Gasteiger partial charge in [0, 0.05) is 23.7 Å². The lowest BCUT2D eigenvalue weighted by Crippen LogP contribution is -2.47. The molecule has 0 aromatic heterocycles. The molecule has 15 heteroatoms.